The summed E-state index contributed by atoms with van der Waals surface area (Å²) in [5.41, 5.74) is 0.777. The summed E-state index contributed by atoms with van der Waals surface area (Å²) < 4.78 is 68.0. The first-order chi connectivity index (χ1) is 17.5. The van der Waals surface area contributed by atoms with Gasteiger partial charge >= 0.3 is 6.18 Å². The van der Waals surface area contributed by atoms with E-state index in [9.17, 15) is 26.4 Å². The number of halogens is 3. The van der Waals surface area contributed by atoms with E-state index < -0.39 is 34.2 Å². The van der Waals surface area contributed by atoms with Crippen LogP contribution in [0.1, 0.15) is 16.7 Å². The summed E-state index contributed by atoms with van der Waals surface area (Å²) in [6.45, 7) is 3.93. The molecule has 1 heterocycles. The number of aryl methyl sites for hydroxylation is 1. The molecular weight excluding hydrogens is 503 g/mol. The SMILES string of the molecule is Cc1ccc(S(=O)(=O)N(CC(=O)N2CCN(Cc3ccccc3)CC2)c2cccc(C(F)(F)F)c2)cc1. The maximum absolute atomic E-state index is 13.5. The van der Waals surface area contributed by atoms with Gasteiger partial charge in [0.25, 0.3) is 10.0 Å². The van der Waals surface area contributed by atoms with Crippen molar-refractivity contribution in [1.29, 1.82) is 0 Å². The third kappa shape index (κ3) is 6.50. The van der Waals surface area contributed by atoms with E-state index in [1.54, 1.807) is 24.0 Å². The fourth-order valence-electron chi connectivity index (χ4n) is 4.21. The number of hydrogen-bond donors (Lipinski definition) is 0. The van der Waals surface area contributed by atoms with Crippen molar-refractivity contribution < 1.29 is 26.4 Å². The van der Waals surface area contributed by atoms with Crippen molar-refractivity contribution in [3.8, 4) is 0 Å². The summed E-state index contributed by atoms with van der Waals surface area (Å²) in [5.74, 6) is -0.465. The number of hydrogen-bond acceptors (Lipinski definition) is 4. The van der Waals surface area contributed by atoms with E-state index in [0.717, 1.165) is 40.2 Å². The normalized spacial score (nSPS) is 15.0. The molecule has 0 bridgehead atoms. The predicted molar refractivity (Wildman–Crippen MR) is 135 cm³/mol. The fourth-order valence-corrected chi connectivity index (χ4v) is 5.62. The molecule has 4 rings (SSSR count). The first-order valence-electron chi connectivity index (χ1n) is 11.8. The van der Waals surface area contributed by atoms with Gasteiger partial charge in [-0.05, 0) is 42.8 Å². The lowest BCUT2D eigenvalue weighted by atomic mass is 10.2. The molecule has 6 nitrogen and oxygen atoms in total. The zero-order valence-electron chi connectivity index (χ0n) is 20.4. The van der Waals surface area contributed by atoms with Crippen molar-refractivity contribution in [2.45, 2.75) is 24.5 Å². The topological polar surface area (TPSA) is 60.9 Å². The molecule has 0 N–H and O–H groups in total. The van der Waals surface area contributed by atoms with E-state index >= 15 is 0 Å². The number of amides is 1. The third-order valence-corrected chi connectivity index (χ3v) is 8.11. The Balaban J connectivity index is 1.55. The van der Waals surface area contributed by atoms with Crippen LogP contribution >= 0.6 is 0 Å². The van der Waals surface area contributed by atoms with Crippen LogP contribution in [0.2, 0.25) is 0 Å². The molecule has 0 saturated carbocycles. The summed E-state index contributed by atoms with van der Waals surface area (Å²) in [7, 11) is -4.31. The Hall–Kier alpha value is -3.37. The van der Waals surface area contributed by atoms with E-state index in [4.69, 9.17) is 0 Å². The second-order valence-corrected chi connectivity index (χ2v) is 10.9. The van der Waals surface area contributed by atoms with Crippen LogP contribution in [0.5, 0.6) is 0 Å². The van der Waals surface area contributed by atoms with Gasteiger partial charge in [-0.25, -0.2) is 8.42 Å². The van der Waals surface area contributed by atoms with Gasteiger partial charge in [0.05, 0.1) is 16.1 Å². The Morgan fingerprint density at radius 2 is 1.54 bits per heavy atom. The van der Waals surface area contributed by atoms with E-state index in [0.29, 0.717) is 26.2 Å². The van der Waals surface area contributed by atoms with Crippen LogP contribution in [0, 0.1) is 6.92 Å². The Kier molecular flexibility index (Phi) is 7.89. The van der Waals surface area contributed by atoms with Crippen LogP contribution < -0.4 is 4.31 Å². The minimum absolute atomic E-state index is 0.101. The number of rotatable bonds is 7. The average molecular weight is 532 g/mol. The van der Waals surface area contributed by atoms with Crippen molar-refractivity contribution in [1.82, 2.24) is 9.80 Å². The Bertz CT molecular complexity index is 1320. The van der Waals surface area contributed by atoms with Gasteiger partial charge in [0.1, 0.15) is 6.54 Å². The Labute approximate surface area is 215 Å². The predicted octanol–water partition coefficient (Wildman–Crippen LogP) is 4.55. The molecule has 1 fully saturated rings. The van der Waals surface area contributed by atoms with Crippen molar-refractivity contribution in [2.75, 3.05) is 37.0 Å². The van der Waals surface area contributed by atoms with Crippen LogP contribution in [0.25, 0.3) is 0 Å². The molecule has 3 aromatic carbocycles. The number of carbonyl (C=O) groups excluding carboxylic acids is 1. The van der Waals surface area contributed by atoms with Gasteiger partial charge in [0.15, 0.2) is 0 Å². The number of sulfonamides is 1. The third-order valence-electron chi connectivity index (χ3n) is 6.32. The Morgan fingerprint density at radius 3 is 2.16 bits per heavy atom. The molecule has 0 spiro atoms. The van der Waals surface area contributed by atoms with E-state index in [-0.39, 0.29) is 10.6 Å². The van der Waals surface area contributed by atoms with E-state index in [1.807, 2.05) is 30.3 Å². The second kappa shape index (κ2) is 10.9. The molecular formula is C27H28F3N3O3S. The number of benzene rings is 3. The quantitative estimate of drug-likeness (QED) is 0.449. The van der Waals surface area contributed by atoms with Crippen LogP contribution in [0.3, 0.4) is 0 Å². The summed E-state index contributed by atoms with van der Waals surface area (Å²) in [6.07, 6.45) is -4.66. The molecule has 10 heteroatoms. The van der Waals surface area contributed by atoms with Crippen LogP contribution in [-0.2, 0) is 27.5 Å². The smallest absolute Gasteiger partial charge is 0.339 e. The molecule has 1 saturated heterocycles. The van der Waals surface area contributed by atoms with E-state index in [1.165, 1.54) is 18.2 Å². The van der Waals surface area contributed by atoms with Gasteiger partial charge in [-0.3, -0.25) is 14.0 Å². The van der Waals surface area contributed by atoms with Crippen molar-refractivity contribution in [2.24, 2.45) is 0 Å². The van der Waals surface area contributed by atoms with Crippen LogP contribution in [0.4, 0.5) is 18.9 Å². The van der Waals surface area contributed by atoms with Gasteiger partial charge in [-0.1, -0.05) is 54.1 Å². The average Bonchev–Trinajstić information content (AvgIpc) is 2.88. The molecule has 1 aliphatic heterocycles. The van der Waals surface area contributed by atoms with Gasteiger partial charge in [-0.2, -0.15) is 13.2 Å². The number of anilines is 1. The lowest BCUT2D eigenvalue weighted by molar-refractivity contribution is -0.137. The highest BCUT2D eigenvalue weighted by molar-refractivity contribution is 7.92. The molecule has 3 aromatic rings. The largest absolute Gasteiger partial charge is 0.416 e. The molecule has 0 radical (unpaired) electrons. The summed E-state index contributed by atoms with van der Waals surface area (Å²) in [4.78, 5) is 16.9. The molecule has 1 aliphatic rings. The lowest BCUT2D eigenvalue weighted by Gasteiger charge is -2.36. The monoisotopic (exact) mass is 531 g/mol. The van der Waals surface area contributed by atoms with Gasteiger partial charge in [0.2, 0.25) is 5.91 Å². The van der Waals surface area contributed by atoms with Crippen molar-refractivity contribution in [3.05, 3.63) is 95.6 Å². The molecule has 37 heavy (non-hydrogen) atoms. The Morgan fingerprint density at radius 1 is 0.892 bits per heavy atom. The van der Waals surface area contributed by atoms with Crippen molar-refractivity contribution in [3.63, 3.8) is 0 Å². The number of nitrogens with zero attached hydrogens (tertiary/aromatic N) is 3. The summed E-state index contributed by atoms with van der Waals surface area (Å²) in [5, 5.41) is 0. The zero-order chi connectivity index (χ0) is 26.6. The molecule has 0 atom stereocenters. The molecule has 0 aromatic heterocycles. The molecule has 0 aliphatic carbocycles. The maximum Gasteiger partial charge on any atom is 0.416 e. The number of alkyl halides is 3. The highest BCUT2D eigenvalue weighted by Crippen LogP contribution is 2.33. The molecule has 196 valence electrons. The van der Waals surface area contributed by atoms with Gasteiger partial charge in [-0.15, -0.1) is 0 Å². The van der Waals surface area contributed by atoms with Crippen LogP contribution in [0.15, 0.2) is 83.8 Å². The first-order valence-corrected chi connectivity index (χ1v) is 13.3. The highest BCUT2D eigenvalue weighted by Gasteiger charge is 2.34. The zero-order valence-corrected chi connectivity index (χ0v) is 21.2. The second-order valence-electron chi connectivity index (χ2n) is 9.02. The fraction of sp³-hybridized carbons (Fsp3) is 0.296. The summed E-state index contributed by atoms with van der Waals surface area (Å²) >= 11 is 0. The van der Waals surface area contributed by atoms with E-state index in [2.05, 4.69) is 4.90 Å². The van der Waals surface area contributed by atoms with Gasteiger partial charge in [0, 0.05) is 32.7 Å². The molecule has 0 unspecified atom stereocenters. The first kappa shape index (κ1) is 26.7. The number of piperazine rings is 1. The van der Waals surface area contributed by atoms with Crippen molar-refractivity contribution >= 4 is 21.6 Å². The lowest BCUT2D eigenvalue weighted by Crippen LogP contribution is -2.51. The highest BCUT2D eigenvalue weighted by atomic mass is 32.2. The van der Waals surface area contributed by atoms with Gasteiger partial charge < -0.3 is 4.90 Å². The minimum atomic E-state index is -4.66. The standard InChI is InChI=1S/C27H28F3N3O3S/c1-21-10-12-25(13-11-21)37(35,36)33(24-9-5-8-23(18-24)27(28,29)30)20-26(34)32-16-14-31(15-17-32)19-22-6-3-2-4-7-22/h2-13,18H,14-17,19-20H2,1H3. The minimum Gasteiger partial charge on any atom is -0.339 e. The van der Waals surface area contributed by atoms with Crippen LogP contribution in [-0.4, -0.2) is 56.8 Å². The maximum atomic E-state index is 13.5. The number of carbonyl (C=O) groups is 1. The summed E-state index contributed by atoms with van der Waals surface area (Å²) in [6, 6.07) is 19.9. The molecule has 1 amide bonds.